The van der Waals surface area contributed by atoms with Gasteiger partial charge in [0.25, 0.3) is 5.91 Å². The molecule has 1 aliphatic heterocycles. The van der Waals surface area contributed by atoms with Crippen LogP contribution in [0.1, 0.15) is 60.5 Å². The second-order valence-corrected chi connectivity index (χ2v) is 11.2. The molecule has 196 valence electrons. The predicted octanol–water partition coefficient (Wildman–Crippen LogP) is 4.56. The van der Waals surface area contributed by atoms with Crippen LogP contribution in [0.15, 0.2) is 24.5 Å². The Bertz CT molecular complexity index is 1480. The van der Waals surface area contributed by atoms with Crippen molar-refractivity contribution < 1.29 is 14.4 Å². The zero-order chi connectivity index (χ0) is 27.0. The molecular weight excluding hydrogens is 502 g/mol. The van der Waals surface area contributed by atoms with Gasteiger partial charge in [-0.15, -0.1) is 11.3 Å². The normalized spacial score (nSPS) is 18.4. The summed E-state index contributed by atoms with van der Waals surface area (Å²) in [5, 5.41) is 18.3. The van der Waals surface area contributed by atoms with Crippen molar-refractivity contribution in [1.29, 1.82) is 5.26 Å². The molecule has 0 spiro atoms. The molecule has 2 aliphatic rings. The first kappa shape index (κ1) is 25.6. The number of carbonyl (C=O) groups is 3. The number of carbonyl (C=O) groups excluding carboxylic acids is 3. The molecule has 0 unspecified atom stereocenters. The molecule has 3 aromatic heterocycles. The number of nitriles is 1. The highest BCUT2D eigenvalue weighted by molar-refractivity contribution is 7.21. The molecule has 1 fully saturated rings. The Labute approximate surface area is 224 Å². The first-order valence-corrected chi connectivity index (χ1v) is 13.5. The van der Waals surface area contributed by atoms with E-state index in [1.54, 1.807) is 23.4 Å². The van der Waals surface area contributed by atoms with Gasteiger partial charge in [0.15, 0.2) is 0 Å². The fourth-order valence-corrected chi connectivity index (χ4v) is 6.25. The van der Waals surface area contributed by atoms with E-state index in [-0.39, 0.29) is 36.3 Å². The van der Waals surface area contributed by atoms with Crippen molar-refractivity contribution in [2.24, 2.45) is 5.92 Å². The van der Waals surface area contributed by atoms with Crippen LogP contribution in [0, 0.1) is 24.2 Å². The van der Waals surface area contributed by atoms with E-state index in [4.69, 9.17) is 5.26 Å². The molecule has 5 rings (SSSR count). The number of aryl methyl sites for hydroxylation is 1. The monoisotopic (exact) mass is 531 g/mol. The van der Waals surface area contributed by atoms with Gasteiger partial charge in [-0.3, -0.25) is 19.5 Å². The zero-order valence-corrected chi connectivity index (χ0v) is 22.3. The summed E-state index contributed by atoms with van der Waals surface area (Å²) in [5.41, 5.74) is 3.66. The van der Waals surface area contributed by atoms with E-state index in [2.05, 4.69) is 39.8 Å². The molecule has 10 nitrogen and oxygen atoms in total. The molecule has 3 N–H and O–H groups in total. The Hall–Kier alpha value is -4.04. The molecule has 0 aromatic carbocycles. The lowest BCUT2D eigenvalue weighted by Gasteiger charge is -2.29. The summed E-state index contributed by atoms with van der Waals surface area (Å²) in [7, 11) is 0. The van der Waals surface area contributed by atoms with Crippen LogP contribution < -0.4 is 20.9 Å². The number of amides is 4. The van der Waals surface area contributed by atoms with Gasteiger partial charge < -0.3 is 16.0 Å². The largest absolute Gasteiger partial charge is 0.350 e. The third kappa shape index (κ3) is 4.79. The summed E-state index contributed by atoms with van der Waals surface area (Å²) in [6, 6.07) is 4.76. The van der Waals surface area contributed by atoms with Gasteiger partial charge in [0.05, 0.1) is 34.7 Å². The number of anilines is 3. The molecule has 0 radical (unpaired) electrons. The molecule has 1 aliphatic carbocycles. The predicted molar refractivity (Wildman–Crippen MR) is 146 cm³/mol. The maximum absolute atomic E-state index is 13.4. The van der Waals surface area contributed by atoms with E-state index in [1.165, 1.54) is 11.3 Å². The number of thiophene rings is 1. The zero-order valence-electron chi connectivity index (χ0n) is 21.5. The maximum Gasteiger partial charge on any atom is 0.331 e. The Morgan fingerprint density at radius 3 is 2.71 bits per heavy atom. The topological polar surface area (TPSA) is 140 Å². The molecule has 0 saturated heterocycles. The van der Waals surface area contributed by atoms with Crippen molar-refractivity contribution in [3.8, 4) is 6.07 Å². The van der Waals surface area contributed by atoms with Crippen LogP contribution in [0.3, 0.4) is 0 Å². The number of rotatable bonds is 7. The molecule has 0 bridgehead atoms. The van der Waals surface area contributed by atoms with Crippen LogP contribution in [-0.2, 0) is 11.2 Å². The summed E-state index contributed by atoms with van der Waals surface area (Å²) in [6.07, 6.45) is 6.29. The van der Waals surface area contributed by atoms with Crippen molar-refractivity contribution in [3.05, 3.63) is 40.7 Å². The van der Waals surface area contributed by atoms with Crippen molar-refractivity contribution in [2.75, 3.05) is 10.2 Å². The van der Waals surface area contributed by atoms with Crippen molar-refractivity contribution >= 4 is 56.5 Å². The highest BCUT2D eigenvalue weighted by Crippen LogP contribution is 2.46. The summed E-state index contributed by atoms with van der Waals surface area (Å²) in [5.74, 6) is -0.207. The molecule has 3 aromatic rings. The van der Waals surface area contributed by atoms with E-state index in [9.17, 15) is 14.4 Å². The van der Waals surface area contributed by atoms with Gasteiger partial charge in [-0.05, 0) is 56.2 Å². The fourth-order valence-electron chi connectivity index (χ4n) is 5.22. The summed E-state index contributed by atoms with van der Waals surface area (Å²) >= 11 is 1.22. The van der Waals surface area contributed by atoms with Gasteiger partial charge in [-0.1, -0.05) is 13.8 Å². The minimum atomic E-state index is -0.374. The quantitative estimate of drug-likeness (QED) is 0.408. The first-order chi connectivity index (χ1) is 18.3. The second kappa shape index (κ2) is 10.4. The standard InChI is InChI=1S/C27H29N7O3S/c1-14(2)11-16-12-15(3)20(13-30-16)34-19-8-10-29-26-22(19)23(33-27(34)37)24(38-26)25(36)32-18-6-4-5-17(18)31-21(35)7-9-28/h8,10,12-14,17-18H,4-7,11H2,1-3H3,(H,31,35)(H,32,36)(H,33,37)/t17-,18+/m0/s1. The number of hydrogen-bond donors (Lipinski definition) is 3. The summed E-state index contributed by atoms with van der Waals surface area (Å²) < 4.78 is 0. The Kier molecular flexibility index (Phi) is 6.99. The lowest BCUT2D eigenvalue weighted by Crippen LogP contribution is -2.48. The molecule has 11 heteroatoms. The SMILES string of the molecule is Cc1cc(CC(C)C)ncc1N1C(=O)Nc2c(C(=O)N[C@@H]3CCC[C@@H]3NC(=O)CC#N)sc3nccc1c23. The highest BCUT2D eigenvalue weighted by atomic mass is 32.1. The van der Waals surface area contributed by atoms with Gasteiger partial charge in [-0.25, -0.2) is 9.78 Å². The number of urea groups is 1. The van der Waals surface area contributed by atoms with E-state index >= 15 is 0 Å². The van der Waals surface area contributed by atoms with Gasteiger partial charge in [0.2, 0.25) is 5.91 Å². The molecule has 4 amide bonds. The molecular formula is C27H29N7O3S. The van der Waals surface area contributed by atoms with E-state index in [0.717, 1.165) is 30.5 Å². The fraction of sp³-hybridized carbons (Fsp3) is 0.407. The average molecular weight is 532 g/mol. The Balaban J connectivity index is 1.45. The van der Waals surface area contributed by atoms with Crippen molar-refractivity contribution in [1.82, 2.24) is 20.6 Å². The Morgan fingerprint density at radius 2 is 2.00 bits per heavy atom. The smallest absolute Gasteiger partial charge is 0.331 e. The number of hydrogen-bond acceptors (Lipinski definition) is 7. The van der Waals surface area contributed by atoms with E-state index in [0.29, 0.717) is 44.5 Å². The minimum Gasteiger partial charge on any atom is -0.350 e. The van der Waals surface area contributed by atoms with Gasteiger partial charge >= 0.3 is 6.03 Å². The maximum atomic E-state index is 13.4. The van der Waals surface area contributed by atoms with Gasteiger partial charge in [-0.2, -0.15) is 5.26 Å². The van der Waals surface area contributed by atoms with E-state index < -0.39 is 0 Å². The number of pyridine rings is 2. The second-order valence-electron chi connectivity index (χ2n) is 10.2. The number of aromatic nitrogens is 2. The number of nitrogens with zero attached hydrogens (tertiary/aromatic N) is 4. The Morgan fingerprint density at radius 1 is 1.24 bits per heavy atom. The third-order valence-corrected chi connectivity index (χ3v) is 7.97. The summed E-state index contributed by atoms with van der Waals surface area (Å²) in [6.45, 7) is 6.24. The van der Waals surface area contributed by atoms with Crippen LogP contribution in [0.5, 0.6) is 0 Å². The highest BCUT2D eigenvalue weighted by Gasteiger charge is 2.35. The average Bonchev–Trinajstić information content (AvgIpc) is 3.45. The number of nitrogens with one attached hydrogen (secondary N) is 3. The first-order valence-electron chi connectivity index (χ1n) is 12.7. The van der Waals surface area contributed by atoms with Crippen LogP contribution in [-0.4, -0.2) is 39.9 Å². The third-order valence-electron chi connectivity index (χ3n) is 6.87. The molecule has 1 saturated carbocycles. The molecule has 4 heterocycles. The molecule has 38 heavy (non-hydrogen) atoms. The van der Waals surface area contributed by atoms with Crippen LogP contribution in [0.4, 0.5) is 21.9 Å². The van der Waals surface area contributed by atoms with Crippen LogP contribution in [0.25, 0.3) is 10.2 Å². The van der Waals surface area contributed by atoms with Gasteiger partial charge in [0, 0.05) is 24.0 Å². The van der Waals surface area contributed by atoms with Crippen molar-refractivity contribution in [2.45, 2.75) is 65.0 Å². The van der Waals surface area contributed by atoms with E-state index in [1.807, 2.05) is 19.1 Å². The van der Waals surface area contributed by atoms with Crippen molar-refractivity contribution in [3.63, 3.8) is 0 Å². The minimum absolute atomic E-state index is 0.218. The van der Waals surface area contributed by atoms with Crippen LogP contribution >= 0.6 is 11.3 Å². The summed E-state index contributed by atoms with van der Waals surface area (Å²) in [4.78, 5) is 50.4. The van der Waals surface area contributed by atoms with Gasteiger partial charge in [0.1, 0.15) is 16.1 Å². The lowest BCUT2D eigenvalue weighted by molar-refractivity contribution is -0.120. The molecule has 2 atom stereocenters. The lowest BCUT2D eigenvalue weighted by atomic mass is 10.0. The van der Waals surface area contributed by atoms with Crippen LogP contribution in [0.2, 0.25) is 0 Å².